The first kappa shape index (κ1) is 17.3. The van der Waals surface area contributed by atoms with Gasteiger partial charge in [0.05, 0.1) is 24.6 Å². The highest BCUT2D eigenvalue weighted by Crippen LogP contribution is 2.15. The van der Waals surface area contributed by atoms with E-state index < -0.39 is 0 Å². The van der Waals surface area contributed by atoms with Crippen molar-refractivity contribution in [2.45, 2.75) is 20.8 Å². The molecule has 1 aromatic rings. The molecule has 5 heteroatoms. The predicted molar refractivity (Wildman–Crippen MR) is 82.8 cm³/mol. The van der Waals surface area contributed by atoms with Gasteiger partial charge in [0.1, 0.15) is 0 Å². The van der Waals surface area contributed by atoms with Crippen LogP contribution in [-0.4, -0.2) is 56.7 Å². The lowest BCUT2D eigenvalue weighted by molar-refractivity contribution is 0.0727. The van der Waals surface area contributed by atoms with Crippen molar-refractivity contribution >= 4 is 17.1 Å². The lowest BCUT2D eigenvalue weighted by atomic mass is 10.3. The minimum Gasteiger partial charge on any atom is -0.380 e. The highest BCUT2D eigenvalue weighted by Gasteiger charge is 2.14. The summed E-state index contributed by atoms with van der Waals surface area (Å²) in [6, 6.07) is 3.90. The molecule has 0 radical (unpaired) electrons. The molecular weight excluding hydrogens is 274 g/mol. The van der Waals surface area contributed by atoms with E-state index in [4.69, 9.17) is 9.47 Å². The topological polar surface area (TPSA) is 38.8 Å². The van der Waals surface area contributed by atoms with Crippen LogP contribution >= 0.6 is 11.3 Å². The molecule has 0 atom stereocenters. The highest BCUT2D eigenvalue weighted by atomic mass is 32.1. The fourth-order valence-corrected chi connectivity index (χ4v) is 2.61. The van der Waals surface area contributed by atoms with Crippen LogP contribution < -0.4 is 0 Å². The van der Waals surface area contributed by atoms with Crippen LogP contribution in [0.4, 0.5) is 0 Å². The summed E-state index contributed by atoms with van der Waals surface area (Å²) in [6.07, 6.45) is 0. The maximum Gasteiger partial charge on any atom is 0.186 e. The third kappa shape index (κ3) is 6.61. The number of hydrogen-bond donors (Lipinski definition) is 0. The van der Waals surface area contributed by atoms with Crippen molar-refractivity contribution in [3.05, 3.63) is 21.9 Å². The number of thiophene rings is 1. The number of nitrogens with zero attached hydrogens (tertiary/aromatic N) is 1. The van der Waals surface area contributed by atoms with Gasteiger partial charge in [-0.3, -0.25) is 9.69 Å². The van der Waals surface area contributed by atoms with E-state index >= 15 is 0 Å². The number of rotatable bonds is 11. The molecule has 0 aliphatic rings. The summed E-state index contributed by atoms with van der Waals surface area (Å²) in [7, 11) is 0. The quantitative estimate of drug-likeness (QED) is 0.465. The molecule has 0 amide bonds. The number of Topliss-reactive ketones (excluding diaryl/α,β-unsaturated/α-hetero) is 1. The van der Waals surface area contributed by atoms with E-state index in [1.807, 2.05) is 32.9 Å². The second-order valence-corrected chi connectivity index (χ2v) is 5.79. The Bertz CT molecular complexity index is 382. The van der Waals surface area contributed by atoms with Crippen LogP contribution in [0.1, 0.15) is 28.4 Å². The Kier molecular flexibility index (Phi) is 8.69. The van der Waals surface area contributed by atoms with Gasteiger partial charge >= 0.3 is 0 Å². The zero-order valence-electron chi connectivity index (χ0n) is 12.7. The van der Waals surface area contributed by atoms with Crippen molar-refractivity contribution in [2.75, 3.05) is 46.1 Å². The van der Waals surface area contributed by atoms with Crippen LogP contribution in [0.3, 0.4) is 0 Å². The standard InChI is InChI=1S/C15H25NO3S/c1-4-18-10-8-16(9-11-19-5-2)12-14(17)15-7-6-13(3)20-15/h6-7H,4-5,8-12H2,1-3H3. The van der Waals surface area contributed by atoms with E-state index in [9.17, 15) is 4.79 Å². The average molecular weight is 299 g/mol. The maximum absolute atomic E-state index is 12.2. The van der Waals surface area contributed by atoms with E-state index in [1.165, 1.54) is 4.88 Å². The molecule has 20 heavy (non-hydrogen) atoms. The lowest BCUT2D eigenvalue weighted by Gasteiger charge is -2.21. The summed E-state index contributed by atoms with van der Waals surface area (Å²) in [4.78, 5) is 16.3. The zero-order chi connectivity index (χ0) is 14.8. The zero-order valence-corrected chi connectivity index (χ0v) is 13.5. The van der Waals surface area contributed by atoms with Gasteiger partial charge < -0.3 is 9.47 Å². The number of ether oxygens (including phenoxy) is 2. The van der Waals surface area contributed by atoms with Gasteiger partial charge in [-0.05, 0) is 32.9 Å². The second-order valence-electron chi connectivity index (χ2n) is 4.50. The van der Waals surface area contributed by atoms with Gasteiger partial charge in [0, 0.05) is 31.2 Å². The minimum atomic E-state index is 0.177. The summed E-state index contributed by atoms with van der Waals surface area (Å²) in [5.41, 5.74) is 0. The summed E-state index contributed by atoms with van der Waals surface area (Å²) < 4.78 is 10.7. The van der Waals surface area contributed by atoms with E-state index in [-0.39, 0.29) is 5.78 Å². The number of carbonyl (C=O) groups is 1. The molecule has 0 bridgehead atoms. The summed E-state index contributed by atoms with van der Waals surface area (Å²) in [5.74, 6) is 0.177. The molecule has 0 unspecified atom stereocenters. The Hall–Kier alpha value is -0.750. The monoisotopic (exact) mass is 299 g/mol. The number of ketones is 1. The molecule has 0 spiro atoms. The first-order chi connectivity index (χ1) is 9.67. The number of carbonyl (C=O) groups excluding carboxylic acids is 1. The van der Waals surface area contributed by atoms with Gasteiger partial charge in [0.15, 0.2) is 5.78 Å². The number of hydrogen-bond acceptors (Lipinski definition) is 5. The van der Waals surface area contributed by atoms with E-state index in [1.54, 1.807) is 11.3 Å². The SMILES string of the molecule is CCOCCN(CCOCC)CC(=O)c1ccc(C)s1. The summed E-state index contributed by atoms with van der Waals surface area (Å²) in [5, 5.41) is 0. The Morgan fingerprint density at radius 3 is 2.20 bits per heavy atom. The fraction of sp³-hybridized carbons (Fsp3) is 0.667. The minimum absolute atomic E-state index is 0.177. The first-order valence-corrected chi connectivity index (χ1v) is 7.96. The summed E-state index contributed by atoms with van der Waals surface area (Å²) in [6.45, 7) is 10.6. The number of aryl methyl sites for hydroxylation is 1. The van der Waals surface area contributed by atoms with Crippen molar-refractivity contribution < 1.29 is 14.3 Å². The fourth-order valence-electron chi connectivity index (χ4n) is 1.81. The van der Waals surface area contributed by atoms with Crippen molar-refractivity contribution in [1.82, 2.24) is 4.90 Å². The molecule has 0 aliphatic heterocycles. The Balaban J connectivity index is 2.46. The van der Waals surface area contributed by atoms with Crippen LogP contribution in [0.15, 0.2) is 12.1 Å². The van der Waals surface area contributed by atoms with Gasteiger partial charge in [-0.2, -0.15) is 0 Å². The smallest absolute Gasteiger partial charge is 0.186 e. The second kappa shape index (κ2) is 10.0. The van der Waals surface area contributed by atoms with Crippen LogP contribution in [-0.2, 0) is 9.47 Å². The van der Waals surface area contributed by atoms with Crippen LogP contribution in [0.5, 0.6) is 0 Å². The van der Waals surface area contributed by atoms with Gasteiger partial charge in [-0.1, -0.05) is 0 Å². The molecule has 0 saturated heterocycles. The Morgan fingerprint density at radius 1 is 1.15 bits per heavy atom. The van der Waals surface area contributed by atoms with Gasteiger partial charge in [-0.25, -0.2) is 0 Å². The molecule has 1 rings (SSSR count). The maximum atomic E-state index is 12.2. The van der Waals surface area contributed by atoms with Crippen LogP contribution in [0.2, 0.25) is 0 Å². The largest absolute Gasteiger partial charge is 0.380 e. The predicted octanol–water partition coefficient (Wildman–Crippen LogP) is 2.61. The molecule has 1 heterocycles. The lowest BCUT2D eigenvalue weighted by Crippen LogP contribution is -2.35. The third-order valence-corrected chi connectivity index (χ3v) is 3.94. The van der Waals surface area contributed by atoms with E-state index in [0.29, 0.717) is 33.0 Å². The van der Waals surface area contributed by atoms with E-state index in [2.05, 4.69) is 4.90 Å². The van der Waals surface area contributed by atoms with Crippen molar-refractivity contribution in [1.29, 1.82) is 0 Å². The van der Waals surface area contributed by atoms with Crippen molar-refractivity contribution in [3.63, 3.8) is 0 Å². The molecule has 0 aromatic carbocycles. The summed E-state index contributed by atoms with van der Waals surface area (Å²) >= 11 is 1.56. The molecule has 0 fully saturated rings. The van der Waals surface area contributed by atoms with Gasteiger partial charge in [-0.15, -0.1) is 11.3 Å². The highest BCUT2D eigenvalue weighted by molar-refractivity contribution is 7.14. The first-order valence-electron chi connectivity index (χ1n) is 7.14. The van der Waals surface area contributed by atoms with Crippen molar-refractivity contribution in [2.24, 2.45) is 0 Å². The molecule has 0 N–H and O–H groups in total. The molecule has 0 aliphatic carbocycles. The Labute approximate surface area is 125 Å². The normalized spacial score (nSPS) is 11.2. The Morgan fingerprint density at radius 2 is 1.75 bits per heavy atom. The molecule has 114 valence electrons. The van der Waals surface area contributed by atoms with Crippen LogP contribution in [0, 0.1) is 6.92 Å². The van der Waals surface area contributed by atoms with Gasteiger partial charge in [0.2, 0.25) is 0 Å². The van der Waals surface area contributed by atoms with Crippen molar-refractivity contribution in [3.8, 4) is 0 Å². The third-order valence-electron chi connectivity index (χ3n) is 2.89. The molecule has 4 nitrogen and oxygen atoms in total. The van der Waals surface area contributed by atoms with E-state index in [0.717, 1.165) is 18.0 Å². The van der Waals surface area contributed by atoms with Crippen LogP contribution in [0.25, 0.3) is 0 Å². The van der Waals surface area contributed by atoms with Gasteiger partial charge in [0.25, 0.3) is 0 Å². The average Bonchev–Trinajstić information content (AvgIpc) is 2.86. The molecule has 0 saturated carbocycles. The molecule has 1 aromatic heterocycles. The molecular formula is C15H25NO3S.